The molecule has 0 saturated carbocycles. The van der Waals surface area contributed by atoms with Crippen LogP contribution in [0.1, 0.15) is 32.4 Å². The van der Waals surface area contributed by atoms with Crippen LogP contribution in [0.5, 0.6) is 5.88 Å². The minimum absolute atomic E-state index is 0.00439. The van der Waals surface area contributed by atoms with E-state index in [9.17, 15) is 14.3 Å². The maximum Gasteiger partial charge on any atom is 0.348 e. The summed E-state index contributed by atoms with van der Waals surface area (Å²) in [5, 5.41) is 9.48. The van der Waals surface area contributed by atoms with Gasteiger partial charge in [0.25, 0.3) is 0 Å². The number of aliphatic carboxylic acids is 1. The fraction of sp³-hybridized carbons (Fsp3) is 0.353. The highest BCUT2D eigenvalue weighted by molar-refractivity contribution is 6.30. The van der Waals surface area contributed by atoms with Crippen molar-refractivity contribution >= 4 is 17.6 Å². The number of aromatic nitrogens is 2. The summed E-state index contributed by atoms with van der Waals surface area (Å²) in [7, 11) is 0. The molecule has 0 spiro atoms. The number of ether oxygens (including phenoxy) is 1. The molecule has 128 valence electrons. The predicted octanol–water partition coefficient (Wildman–Crippen LogP) is 4.27. The highest BCUT2D eigenvalue weighted by Crippen LogP contribution is 2.27. The Morgan fingerprint density at radius 3 is 2.50 bits per heavy atom. The van der Waals surface area contributed by atoms with E-state index >= 15 is 0 Å². The molecule has 0 saturated heterocycles. The standard InChI is InChI=1S/C17H18ClFN2O3/c1-4-17(5-2,16(22)23)24-14-8-10(3)20-15(21-14)11-6-7-12(18)13(19)9-11/h6-9H,4-5H2,1-3H3,(H,22,23). The molecule has 0 unspecified atom stereocenters. The molecule has 0 amide bonds. The van der Waals surface area contributed by atoms with Gasteiger partial charge in [0.05, 0.1) is 5.02 Å². The van der Waals surface area contributed by atoms with Crippen molar-refractivity contribution in [2.75, 3.05) is 0 Å². The van der Waals surface area contributed by atoms with Gasteiger partial charge in [0.1, 0.15) is 5.82 Å². The minimum atomic E-state index is -1.36. The second-order valence-corrected chi connectivity index (χ2v) is 5.82. The first kappa shape index (κ1) is 18.1. The molecule has 1 aromatic heterocycles. The van der Waals surface area contributed by atoms with Gasteiger partial charge in [0, 0.05) is 17.3 Å². The summed E-state index contributed by atoms with van der Waals surface area (Å²) < 4.78 is 19.3. The van der Waals surface area contributed by atoms with Crippen LogP contribution in [-0.4, -0.2) is 26.6 Å². The van der Waals surface area contributed by atoms with Crippen LogP contribution in [0.2, 0.25) is 5.02 Å². The van der Waals surface area contributed by atoms with Crippen molar-refractivity contribution in [3.63, 3.8) is 0 Å². The molecule has 1 N–H and O–H groups in total. The number of hydrogen-bond acceptors (Lipinski definition) is 4. The molecular weight excluding hydrogens is 335 g/mol. The molecule has 0 fully saturated rings. The van der Waals surface area contributed by atoms with Crippen LogP contribution in [0.25, 0.3) is 11.4 Å². The molecule has 24 heavy (non-hydrogen) atoms. The molecule has 5 nitrogen and oxygen atoms in total. The summed E-state index contributed by atoms with van der Waals surface area (Å²) in [5.41, 5.74) is -0.347. The fourth-order valence-corrected chi connectivity index (χ4v) is 2.41. The molecule has 1 aromatic carbocycles. The Bertz CT molecular complexity index is 763. The molecule has 0 radical (unpaired) electrons. The molecule has 0 aliphatic rings. The van der Waals surface area contributed by atoms with Gasteiger partial charge in [-0.05, 0) is 38.0 Å². The number of nitrogens with zero attached hydrogens (tertiary/aromatic N) is 2. The van der Waals surface area contributed by atoms with E-state index in [0.29, 0.717) is 11.3 Å². The van der Waals surface area contributed by atoms with Crippen LogP contribution >= 0.6 is 11.6 Å². The van der Waals surface area contributed by atoms with E-state index in [1.54, 1.807) is 32.9 Å². The van der Waals surface area contributed by atoms with Crippen molar-refractivity contribution < 1.29 is 19.0 Å². The Kier molecular flexibility index (Phi) is 5.39. The topological polar surface area (TPSA) is 72.3 Å². The van der Waals surface area contributed by atoms with Gasteiger partial charge in [0.2, 0.25) is 11.5 Å². The van der Waals surface area contributed by atoms with E-state index in [4.69, 9.17) is 16.3 Å². The van der Waals surface area contributed by atoms with Crippen molar-refractivity contribution in [3.8, 4) is 17.3 Å². The number of halogens is 2. The third kappa shape index (κ3) is 3.64. The van der Waals surface area contributed by atoms with Gasteiger partial charge in [-0.3, -0.25) is 0 Å². The van der Waals surface area contributed by atoms with Crippen LogP contribution in [0, 0.1) is 12.7 Å². The largest absolute Gasteiger partial charge is 0.478 e. The third-order valence-electron chi connectivity index (χ3n) is 3.84. The third-order valence-corrected chi connectivity index (χ3v) is 4.15. The number of benzene rings is 1. The molecule has 0 atom stereocenters. The number of carboxylic acid groups (broad SMARTS) is 1. The summed E-state index contributed by atoms with van der Waals surface area (Å²) in [6.45, 7) is 5.20. The van der Waals surface area contributed by atoms with E-state index in [1.165, 1.54) is 12.1 Å². The van der Waals surface area contributed by atoms with Gasteiger partial charge >= 0.3 is 5.97 Å². The number of carbonyl (C=O) groups is 1. The Labute approximate surface area is 144 Å². The lowest BCUT2D eigenvalue weighted by molar-refractivity contribution is -0.156. The minimum Gasteiger partial charge on any atom is -0.478 e. The lowest BCUT2D eigenvalue weighted by Crippen LogP contribution is -2.43. The van der Waals surface area contributed by atoms with Crippen molar-refractivity contribution in [1.29, 1.82) is 0 Å². The highest BCUT2D eigenvalue weighted by atomic mass is 35.5. The zero-order chi connectivity index (χ0) is 17.9. The van der Waals surface area contributed by atoms with Crippen LogP contribution in [0.3, 0.4) is 0 Å². The molecule has 0 aliphatic heterocycles. The number of aryl methyl sites for hydroxylation is 1. The van der Waals surface area contributed by atoms with E-state index in [0.717, 1.165) is 0 Å². The molecule has 2 rings (SSSR count). The summed E-state index contributed by atoms with van der Waals surface area (Å²) in [6, 6.07) is 5.79. The summed E-state index contributed by atoms with van der Waals surface area (Å²) in [4.78, 5) is 20.1. The van der Waals surface area contributed by atoms with Gasteiger partial charge in [-0.15, -0.1) is 0 Å². The van der Waals surface area contributed by atoms with Crippen molar-refractivity contribution in [2.45, 2.75) is 39.2 Å². The second kappa shape index (κ2) is 7.13. The van der Waals surface area contributed by atoms with Crippen LogP contribution in [-0.2, 0) is 4.79 Å². The van der Waals surface area contributed by atoms with Gasteiger partial charge in [0.15, 0.2) is 5.82 Å². The first-order chi connectivity index (χ1) is 11.3. The Morgan fingerprint density at radius 1 is 1.29 bits per heavy atom. The van der Waals surface area contributed by atoms with Crippen molar-refractivity contribution in [2.24, 2.45) is 0 Å². The fourth-order valence-electron chi connectivity index (χ4n) is 2.30. The molecule has 2 aromatic rings. The van der Waals surface area contributed by atoms with E-state index in [1.807, 2.05) is 0 Å². The van der Waals surface area contributed by atoms with E-state index in [2.05, 4.69) is 9.97 Å². The summed E-state index contributed by atoms with van der Waals surface area (Å²) in [6.07, 6.45) is 0.569. The Hall–Kier alpha value is -2.21. The number of hydrogen-bond donors (Lipinski definition) is 1. The molecule has 7 heteroatoms. The Morgan fingerprint density at radius 2 is 1.96 bits per heavy atom. The average molecular weight is 353 g/mol. The Balaban J connectivity index is 2.45. The number of rotatable bonds is 6. The molecular formula is C17H18ClFN2O3. The lowest BCUT2D eigenvalue weighted by atomic mass is 9.97. The molecule has 0 bridgehead atoms. The van der Waals surface area contributed by atoms with E-state index in [-0.39, 0.29) is 29.6 Å². The predicted molar refractivity (Wildman–Crippen MR) is 88.7 cm³/mol. The van der Waals surface area contributed by atoms with Crippen LogP contribution < -0.4 is 4.74 Å². The number of carboxylic acids is 1. The zero-order valence-electron chi connectivity index (χ0n) is 13.6. The SMILES string of the molecule is CCC(CC)(Oc1cc(C)nc(-c2ccc(Cl)c(F)c2)n1)C(=O)O. The van der Waals surface area contributed by atoms with Crippen LogP contribution in [0.4, 0.5) is 4.39 Å². The van der Waals surface area contributed by atoms with Gasteiger partial charge in [-0.25, -0.2) is 14.2 Å². The monoisotopic (exact) mass is 352 g/mol. The molecule has 0 aliphatic carbocycles. The highest BCUT2D eigenvalue weighted by Gasteiger charge is 2.38. The van der Waals surface area contributed by atoms with Crippen molar-refractivity contribution in [1.82, 2.24) is 9.97 Å². The van der Waals surface area contributed by atoms with E-state index < -0.39 is 17.4 Å². The maximum atomic E-state index is 13.7. The second-order valence-electron chi connectivity index (χ2n) is 5.41. The van der Waals surface area contributed by atoms with Gasteiger partial charge in [-0.1, -0.05) is 25.4 Å². The molecule has 1 heterocycles. The van der Waals surface area contributed by atoms with Crippen molar-refractivity contribution in [3.05, 3.63) is 40.8 Å². The summed E-state index contributed by atoms with van der Waals surface area (Å²) >= 11 is 5.68. The quantitative estimate of drug-likeness (QED) is 0.840. The smallest absolute Gasteiger partial charge is 0.348 e. The van der Waals surface area contributed by atoms with Gasteiger partial charge in [-0.2, -0.15) is 4.98 Å². The first-order valence-electron chi connectivity index (χ1n) is 7.55. The zero-order valence-corrected chi connectivity index (χ0v) is 14.4. The van der Waals surface area contributed by atoms with Gasteiger partial charge < -0.3 is 9.84 Å². The first-order valence-corrected chi connectivity index (χ1v) is 7.92. The summed E-state index contributed by atoms with van der Waals surface area (Å²) in [5.74, 6) is -1.25. The maximum absolute atomic E-state index is 13.7. The van der Waals surface area contributed by atoms with Crippen LogP contribution in [0.15, 0.2) is 24.3 Å². The normalized spacial score (nSPS) is 11.4. The average Bonchev–Trinajstić information content (AvgIpc) is 2.54. The lowest BCUT2D eigenvalue weighted by Gasteiger charge is -2.27.